The van der Waals surface area contributed by atoms with E-state index < -0.39 is 17.1 Å². The molecule has 0 aliphatic heterocycles. The third-order valence-electron chi connectivity index (χ3n) is 5.10. The number of carbonyl (C=O) groups is 3. The highest BCUT2D eigenvalue weighted by atomic mass is 32.2. The van der Waals surface area contributed by atoms with E-state index >= 15 is 0 Å². The second-order valence-electron chi connectivity index (χ2n) is 7.40. The lowest BCUT2D eigenvalue weighted by Crippen LogP contribution is -2.24. The molecule has 2 amide bonds. The maximum Gasteiger partial charge on any atom is 0.336 e. The summed E-state index contributed by atoms with van der Waals surface area (Å²) in [6.45, 7) is 1.91. The second kappa shape index (κ2) is 11.9. The van der Waals surface area contributed by atoms with E-state index in [1.54, 1.807) is 55.6 Å². The molecule has 182 valence electrons. The minimum absolute atomic E-state index is 0.0670. The molecule has 1 unspecified atom stereocenters. The first-order chi connectivity index (χ1) is 16.9. The Morgan fingerprint density at radius 1 is 0.914 bits per heavy atom. The van der Waals surface area contributed by atoms with Crippen molar-refractivity contribution in [3.63, 3.8) is 0 Å². The van der Waals surface area contributed by atoms with Gasteiger partial charge in [-0.1, -0.05) is 25.1 Å². The topological polar surface area (TPSA) is 114 Å². The molecule has 0 aliphatic carbocycles. The number of aromatic carboxylic acids is 1. The first kappa shape index (κ1) is 25.6. The maximum atomic E-state index is 13.0. The van der Waals surface area contributed by atoms with Crippen LogP contribution in [-0.2, 0) is 4.79 Å². The summed E-state index contributed by atoms with van der Waals surface area (Å²) < 4.78 is 10.5. The normalized spacial score (nSPS) is 11.3. The zero-order valence-electron chi connectivity index (χ0n) is 19.5. The van der Waals surface area contributed by atoms with Crippen molar-refractivity contribution in [1.82, 2.24) is 0 Å². The smallest absolute Gasteiger partial charge is 0.336 e. The summed E-state index contributed by atoms with van der Waals surface area (Å²) in [6.07, 6.45) is 0.567. The predicted octanol–water partition coefficient (Wildman–Crippen LogP) is 5.16. The van der Waals surface area contributed by atoms with Crippen molar-refractivity contribution in [2.24, 2.45) is 0 Å². The number of carboxylic acids is 1. The van der Waals surface area contributed by atoms with E-state index in [9.17, 15) is 19.5 Å². The molecule has 3 aromatic carbocycles. The Bertz CT molecular complexity index is 1230. The van der Waals surface area contributed by atoms with Gasteiger partial charge in [-0.2, -0.15) is 0 Å². The van der Waals surface area contributed by atoms with Crippen molar-refractivity contribution in [2.45, 2.75) is 23.5 Å². The summed E-state index contributed by atoms with van der Waals surface area (Å²) in [7, 11) is 3.07. The zero-order chi connectivity index (χ0) is 25.4. The van der Waals surface area contributed by atoms with Crippen LogP contribution >= 0.6 is 11.8 Å². The molecule has 0 bridgehead atoms. The van der Waals surface area contributed by atoms with Gasteiger partial charge in [0, 0.05) is 16.6 Å². The van der Waals surface area contributed by atoms with Crippen molar-refractivity contribution >= 4 is 40.9 Å². The number of rotatable bonds is 10. The van der Waals surface area contributed by atoms with Crippen LogP contribution in [0.2, 0.25) is 0 Å². The number of nitrogens with one attached hydrogen (secondary N) is 2. The number of ether oxygens (including phenoxy) is 2. The van der Waals surface area contributed by atoms with E-state index in [1.165, 1.54) is 31.0 Å². The van der Waals surface area contributed by atoms with Gasteiger partial charge in [-0.05, 0) is 48.9 Å². The van der Waals surface area contributed by atoms with Gasteiger partial charge >= 0.3 is 5.97 Å². The summed E-state index contributed by atoms with van der Waals surface area (Å²) in [4.78, 5) is 37.9. The first-order valence-corrected chi connectivity index (χ1v) is 11.7. The average Bonchev–Trinajstić information content (AvgIpc) is 2.87. The van der Waals surface area contributed by atoms with E-state index in [4.69, 9.17) is 9.47 Å². The average molecular weight is 495 g/mol. The number of anilines is 2. The van der Waals surface area contributed by atoms with E-state index in [0.29, 0.717) is 29.3 Å². The molecule has 0 spiro atoms. The van der Waals surface area contributed by atoms with Gasteiger partial charge in [0.05, 0.1) is 36.3 Å². The van der Waals surface area contributed by atoms with Gasteiger partial charge in [0.1, 0.15) is 11.5 Å². The molecule has 0 saturated carbocycles. The van der Waals surface area contributed by atoms with Crippen molar-refractivity contribution in [2.75, 3.05) is 24.9 Å². The molecule has 8 nitrogen and oxygen atoms in total. The number of thioether (sulfide) groups is 1. The van der Waals surface area contributed by atoms with Gasteiger partial charge in [-0.25, -0.2) is 4.79 Å². The second-order valence-corrected chi connectivity index (χ2v) is 8.68. The number of carboxylic acid groups (broad SMARTS) is 1. The minimum atomic E-state index is -1.18. The molecule has 3 rings (SSSR count). The van der Waals surface area contributed by atoms with E-state index in [2.05, 4.69) is 10.6 Å². The molecule has 3 N–H and O–H groups in total. The number of benzene rings is 3. The molecular weight excluding hydrogens is 468 g/mol. The van der Waals surface area contributed by atoms with E-state index in [0.717, 1.165) is 4.90 Å². The van der Waals surface area contributed by atoms with Crippen LogP contribution in [0, 0.1) is 0 Å². The Morgan fingerprint density at radius 3 is 2.31 bits per heavy atom. The largest absolute Gasteiger partial charge is 0.497 e. The zero-order valence-corrected chi connectivity index (χ0v) is 20.3. The molecule has 35 heavy (non-hydrogen) atoms. The third-order valence-corrected chi connectivity index (χ3v) is 6.46. The minimum Gasteiger partial charge on any atom is -0.497 e. The fraction of sp³-hybridized carbons (Fsp3) is 0.192. The highest BCUT2D eigenvalue weighted by molar-refractivity contribution is 8.00. The number of hydrogen-bond acceptors (Lipinski definition) is 6. The summed E-state index contributed by atoms with van der Waals surface area (Å²) in [5.41, 5.74) is 1.02. The Kier molecular flexibility index (Phi) is 8.74. The first-order valence-electron chi connectivity index (χ1n) is 10.8. The van der Waals surface area contributed by atoms with Crippen LogP contribution in [0.4, 0.5) is 11.4 Å². The third kappa shape index (κ3) is 6.54. The molecule has 0 radical (unpaired) electrons. The molecule has 0 fully saturated rings. The Balaban J connectivity index is 1.72. The van der Waals surface area contributed by atoms with Crippen LogP contribution in [0.15, 0.2) is 71.6 Å². The van der Waals surface area contributed by atoms with Crippen molar-refractivity contribution in [3.8, 4) is 11.5 Å². The standard InChI is InChI=1S/C26H26N2O6S/c1-4-23(25(30)28-21-13-12-17(33-2)15-22(21)34-3)35-18-9-7-8-16(14-18)27-24(29)19-10-5-6-11-20(19)26(31)32/h5-15,23H,4H2,1-3H3,(H,27,29)(H,28,30)(H,31,32). The van der Waals surface area contributed by atoms with Crippen molar-refractivity contribution in [1.29, 1.82) is 0 Å². The highest BCUT2D eigenvalue weighted by Crippen LogP contribution is 2.32. The van der Waals surface area contributed by atoms with Crippen molar-refractivity contribution < 1.29 is 29.0 Å². The summed E-state index contributed by atoms with van der Waals surface area (Å²) >= 11 is 1.36. The molecule has 9 heteroatoms. The lowest BCUT2D eigenvalue weighted by atomic mass is 10.1. The Morgan fingerprint density at radius 2 is 1.66 bits per heavy atom. The maximum absolute atomic E-state index is 13.0. The monoisotopic (exact) mass is 494 g/mol. The van der Waals surface area contributed by atoms with Crippen LogP contribution in [0.1, 0.15) is 34.1 Å². The van der Waals surface area contributed by atoms with Gasteiger partial charge < -0.3 is 25.2 Å². The fourth-order valence-corrected chi connectivity index (χ4v) is 4.33. The lowest BCUT2D eigenvalue weighted by molar-refractivity contribution is -0.115. The van der Waals surface area contributed by atoms with Gasteiger partial charge in [0.15, 0.2) is 0 Å². The number of carbonyl (C=O) groups excluding carboxylic acids is 2. The number of hydrogen-bond donors (Lipinski definition) is 3. The van der Waals surface area contributed by atoms with Crippen molar-refractivity contribution in [3.05, 3.63) is 77.9 Å². The van der Waals surface area contributed by atoms with Crippen LogP contribution in [0.5, 0.6) is 11.5 Å². The SMILES string of the molecule is CCC(Sc1cccc(NC(=O)c2ccccc2C(=O)O)c1)C(=O)Nc1ccc(OC)cc1OC. The predicted molar refractivity (Wildman–Crippen MR) is 136 cm³/mol. The van der Waals surface area contributed by atoms with Crippen LogP contribution in [0.25, 0.3) is 0 Å². The molecule has 1 atom stereocenters. The number of methoxy groups -OCH3 is 2. The molecular formula is C26H26N2O6S. The van der Waals surface area contributed by atoms with Crippen LogP contribution in [0.3, 0.4) is 0 Å². The van der Waals surface area contributed by atoms with Gasteiger partial charge in [0.25, 0.3) is 5.91 Å². The molecule has 0 aliphatic rings. The molecule has 0 saturated heterocycles. The summed E-state index contributed by atoms with van der Waals surface area (Å²) in [5, 5.41) is 14.6. The molecule has 3 aromatic rings. The molecule has 0 heterocycles. The fourth-order valence-electron chi connectivity index (χ4n) is 3.31. The Labute approximate surface area is 207 Å². The van der Waals surface area contributed by atoms with Gasteiger partial charge in [-0.3, -0.25) is 9.59 Å². The summed E-state index contributed by atoms with van der Waals surface area (Å²) in [5.74, 6) is -0.785. The lowest BCUT2D eigenvalue weighted by Gasteiger charge is -2.17. The van der Waals surface area contributed by atoms with E-state index in [-0.39, 0.29) is 17.0 Å². The van der Waals surface area contributed by atoms with Crippen LogP contribution in [-0.4, -0.2) is 42.4 Å². The van der Waals surface area contributed by atoms with Crippen LogP contribution < -0.4 is 20.1 Å². The summed E-state index contributed by atoms with van der Waals surface area (Å²) in [6, 6.07) is 18.2. The van der Waals surface area contributed by atoms with E-state index in [1.807, 2.05) is 13.0 Å². The Hall–Kier alpha value is -3.98. The molecule has 0 aromatic heterocycles. The van der Waals surface area contributed by atoms with Gasteiger partial charge in [0.2, 0.25) is 5.91 Å². The number of amides is 2. The van der Waals surface area contributed by atoms with Gasteiger partial charge in [-0.15, -0.1) is 11.8 Å². The highest BCUT2D eigenvalue weighted by Gasteiger charge is 2.21. The quantitative estimate of drug-likeness (QED) is 0.333.